The van der Waals surface area contributed by atoms with Crippen molar-refractivity contribution in [3.63, 3.8) is 0 Å². The summed E-state index contributed by atoms with van der Waals surface area (Å²) in [5, 5.41) is 0. The molecule has 0 saturated heterocycles. The summed E-state index contributed by atoms with van der Waals surface area (Å²) in [6.45, 7) is 0. The number of benzene rings is 1. The molecular formula is C6H7AsS3. The molecule has 54 valence electrons. The molecule has 0 bridgehead atoms. The predicted octanol–water partition coefficient (Wildman–Crippen LogP) is 1.89. The Bertz CT molecular complexity index is 251. The molecule has 0 nitrogen and oxygen atoms in total. The van der Waals surface area contributed by atoms with Crippen LogP contribution < -0.4 is 4.35 Å². The van der Waals surface area contributed by atoms with Gasteiger partial charge in [0.25, 0.3) is 0 Å². The number of rotatable bonds is 1. The first-order chi connectivity index (χ1) is 4.61. The van der Waals surface area contributed by atoms with Gasteiger partial charge in [-0.3, -0.25) is 0 Å². The zero-order chi connectivity index (χ0) is 7.61. The molecule has 0 fully saturated rings. The number of hydrogen-bond donors (Lipinski definition) is 2. The third-order valence-corrected chi connectivity index (χ3v) is 6.62. The van der Waals surface area contributed by atoms with Crippen LogP contribution in [0.1, 0.15) is 0 Å². The molecular weight excluding hydrogens is 243 g/mol. The Kier molecular flexibility index (Phi) is 2.99. The summed E-state index contributed by atoms with van der Waals surface area (Å²) >= 11 is 0. The Morgan fingerprint density at radius 3 is 1.90 bits per heavy atom. The molecule has 0 N–H and O–H groups in total. The van der Waals surface area contributed by atoms with Crippen molar-refractivity contribution in [2.45, 2.75) is 0 Å². The van der Waals surface area contributed by atoms with E-state index < -0.39 is 9.56 Å². The van der Waals surface area contributed by atoms with E-state index in [9.17, 15) is 0 Å². The molecule has 0 spiro atoms. The van der Waals surface area contributed by atoms with Crippen LogP contribution in [0.5, 0.6) is 0 Å². The first-order valence-corrected chi connectivity index (χ1v) is 12.2. The van der Waals surface area contributed by atoms with Gasteiger partial charge in [0.2, 0.25) is 0 Å². The zero-order valence-electron chi connectivity index (χ0n) is 5.14. The van der Waals surface area contributed by atoms with Gasteiger partial charge in [-0.1, -0.05) is 0 Å². The summed E-state index contributed by atoms with van der Waals surface area (Å²) in [5.74, 6) is 0. The molecule has 0 aliphatic rings. The normalized spacial score (nSPS) is 11.4. The van der Waals surface area contributed by atoms with Gasteiger partial charge in [0.05, 0.1) is 0 Å². The second-order valence-corrected chi connectivity index (χ2v) is 18.8. The van der Waals surface area contributed by atoms with Gasteiger partial charge in [0, 0.05) is 0 Å². The van der Waals surface area contributed by atoms with Crippen LogP contribution in [0.2, 0.25) is 0 Å². The Morgan fingerprint density at radius 1 is 1.10 bits per heavy atom. The molecule has 1 rings (SSSR count). The van der Waals surface area contributed by atoms with Gasteiger partial charge in [0.1, 0.15) is 0 Å². The van der Waals surface area contributed by atoms with E-state index in [1.807, 2.05) is 30.3 Å². The minimum atomic E-state index is -2.38. The van der Waals surface area contributed by atoms with Crippen LogP contribution in [-0.2, 0) is 0 Å². The van der Waals surface area contributed by atoms with Crippen molar-refractivity contribution in [1.82, 2.24) is 0 Å². The Labute approximate surface area is 76.0 Å². The molecule has 0 heterocycles. The van der Waals surface area contributed by atoms with E-state index in [0.717, 1.165) is 4.35 Å². The molecule has 10 heavy (non-hydrogen) atoms. The van der Waals surface area contributed by atoms with Crippen LogP contribution in [0.15, 0.2) is 30.3 Å². The van der Waals surface area contributed by atoms with Crippen LogP contribution in [0.4, 0.5) is 0 Å². The predicted molar refractivity (Wildman–Crippen MR) is 57.4 cm³/mol. The number of thiol groups is 2. The second kappa shape index (κ2) is 3.40. The van der Waals surface area contributed by atoms with E-state index in [1.54, 1.807) is 0 Å². The van der Waals surface area contributed by atoms with Crippen molar-refractivity contribution >= 4 is 46.1 Å². The number of hydrogen-bond acceptors (Lipinski definition) is 1. The summed E-state index contributed by atoms with van der Waals surface area (Å²) in [6.07, 6.45) is 0. The van der Waals surface area contributed by atoms with Crippen molar-refractivity contribution in [3.05, 3.63) is 30.3 Å². The van der Waals surface area contributed by atoms with Crippen LogP contribution >= 0.6 is 32.2 Å². The fourth-order valence-corrected chi connectivity index (χ4v) is 3.82. The van der Waals surface area contributed by atoms with Crippen molar-refractivity contribution < 1.29 is 0 Å². The first kappa shape index (κ1) is 8.79. The Hall–Kier alpha value is 0.698. The third kappa shape index (κ3) is 2.39. The molecule has 0 radical (unpaired) electrons. The van der Waals surface area contributed by atoms with Gasteiger partial charge in [-0.05, 0) is 0 Å². The van der Waals surface area contributed by atoms with E-state index in [0.29, 0.717) is 0 Å². The quantitative estimate of drug-likeness (QED) is 0.567. The monoisotopic (exact) mass is 250 g/mol. The van der Waals surface area contributed by atoms with E-state index in [4.69, 9.17) is 10.4 Å². The van der Waals surface area contributed by atoms with Crippen LogP contribution in [0.25, 0.3) is 0 Å². The third-order valence-electron chi connectivity index (χ3n) is 1.09. The van der Waals surface area contributed by atoms with E-state index in [-0.39, 0.29) is 0 Å². The van der Waals surface area contributed by atoms with Gasteiger partial charge in [0.15, 0.2) is 0 Å². The molecule has 0 saturated carbocycles. The molecule has 0 unspecified atom stereocenters. The van der Waals surface area contributed by atoms with Crippen molar-refractivity contribution in [2.24, 2.45) is 0 Å². The fourth-order valence-electron chi connectivity index (χ4n) is 0.622. The summed E-state index contributed by atoms with van der Waals surface area (Å²) in [7, 11) is 11.4. The SMILES string of the molecule is S=[As](S)(S)c1ccccc1. The van der Waals surface area contributed by atoms with Gasteiger partial charge < -0.3 is 0 Å². The second-order valence-electron chi connectivity index (χ2n) is 1.88. The van der Waals surface area contributed by atoms with Crippen LogP contribution in [-0.4, -0.2) is 9.56 Å². The molecule has 0 aliphatic heterocycles. The van der Waals surface area contributed by atoms with Crippen molar-refractivity contribution in [3.8, 4) is 0 Å². The van der Waals surface area contributed by atoms with Gasteiger partial charge >= 0.3 is 76.4 Å². The maximum absolute atomic E-state index is 5.15. The summed E-state index contributed by atoms with van der Waals surface area (Å²) in [4.78, 5) is 0. The van der Waals surface area contributed by atoms with Gasteiger partial charge in [-0.2, -0.15) is 0 Å². The molecule has 0 aliphatic carbocycles. The maximum atomic E-state index is 5.15. The molecule has 0 atom stereocenters. The minimum absolute atomic E-state index is 1.11. The summed E-state index contributed by atoms with van der Waals surface area (Å²) in [6, 6.07) is 9.86. The summed E-state index contributed by atoms with van der Waals surface area (Å²) < 4.78 is 1.11. The molecule has 0 aromatic heterocycles. The van der Waals surface area contributed by atoms with E-state index in [2.05, 4.69) is 21.8 Å². The molecule has 1 aromatic carbocycles. The average molecular weight is 250 g/mol. The Morgan fingerprint density at radius 2 is 1.60 bits per heavy atom. The molecule has 4 heteroatoms. The van der Waals surface area contributed by atoms with E-state index >= 15 is 0 Å². The zero-order valence-corrected chi connectivity index (χ0v) is 9.62. The van der Waals surface area contributed by atoms with Gasteiger partial charge in [-0.15, -0.1) is 0 Å². The van der Waals surface area contributed by atoms with Crippen LogP contribution in [0.3, 0.4) is 0 Å². The molecule has 1 aromatic rings. The van der Waals surface area contributed by atoms with Gasteiger partial charge in [-0.25, -0.2) is 0 Å². The summed E-state index contributed by atoms with van der Waals surface area (Å²) in [5.41, 5.74) is 0. The van der Waals surface area contributed by atoms with Crippen molar-refractivity contribution in [1.29, 1.82) is 0 Å². The van der Waals surface area contributed by atoms with Crippen LogP contribution in [0, 0.1) is 0 Å². The standard InChI is InChI=1S/C6H7AsS3/c8-7(9,10)6-4-2-1-3-5-6/h1-5H,(H2,8,9,10). The molecule has 0 amide bonds. The fraction of sp³-hybridized carbons (Fsp3) is 0. The topological polar surface area (TPSA) is 0 Å². The van der Waals surface area contributed by atoms with Crippen molar-refractivity contribution in [2.75, 3.05) is 0 Å². The Balaban J connectivity index is 3.09. The van der Waals surface area contributed by atoms with E-state index in [1.165, 1.54) is 0 Å². The average Bonchev–Trinajstić information content (AvgIpc) is 1.88. The first-order valence-electron chi connectivity index (χ1n) is 2.72.